The molecule has 0 radical (unpaired) electrons. The van der Waals surface area contributed by atoms with E-state index in [1.807, 2.05) is 30.7 Å². The van der Waals surface area contributed by atoms with E-state index < -0.39 is 5.54 Å². The fourth-order valence-corrected chi connectivity index (χ4v) is 4.72. The molecule has 1 aromatic heterocycles. The van der Waals surface area contributed by atoms with Crippen LogP contribution in [0.1, 0.15) is 26.3 Å². The Balaban J connectivity index is 1.95. The number of hydrogen-bond acceptors (Lipinski definition) is 5. The average molecular weight is 400 g/mol. The third-order valence-corrected chi connectivity index (χ3v) is 6.32. The van der Waals surface area contributed by atoms with Crippen molar-refractivity contribution in [3.05, 3.63) is 60.2 Å². The molecule has 2 heterocycles. The molecule has 0 aliphatic carbocycles. The van der Waals surface area contributed by atoms with Crippen molar-refractivity contribution < 1.29 is 4.39 Å². The molecule has 1 aliphatic rings. The SMILES string of the molecule is CC(N)=NCC1(C(C)C)N=CN(Cc2cccnc2)C1Sc1cccc(F)c1. The van der Waals surface area contributed by atoms with Crippen LogP contribution in [0.15, 0.2) is 63.7 Å². The maximum Gasteiger partial charge on any atom is 0.124 e. The van der Waals surface area contributed by atoms with Crippen molar-refractivity contribution in [2.24, 2.45) is 21.6 Å². The predicted molar refractivity (Wildman–Crippen MR) is 114 cm³/mol. The second kappa shape index (κ2) is 8.73. The van der Waals surface area contributed by atoms with Gasteiger partial charge in [0, 0.05) is 23.8 Å². The van der Waals surface area contributed by atoms with Crippen molar-refractivity contribution in [1.29, 1.82) is 0 Å². The Kier molecular flexibility index (Phi) is 6.34. The minimum atomic E-state index is -0.459. The molecule has 5 nitrogen and oxygen atoms in total. The van der Waals surface area contributed by atoms with Crippen molar-refractivity contribution in [3.8, 4) is 0 Å². The Bertz CT molecular complexity index is 851. The summed E-state index contributed by atoms with van der Waals surface area (Å²) >= 11 is 1.61. The maximum absolute atomic E-state index is 13.8. The average Bonchev–Trinajstić information content (AvgIpc) is 2.99. The summed E-state index contributed by atoms with van der Waals surface area (Å²) in [4.78, 5) is 16.7. The molecule has 0 amide bonds. The highest BCUT2D eigenvalue weighted by Gasteiger charge is 2.48. The van der Waals surface area contributed by atoms with E-state index in [-0.39, 0.29) is 17.1 Å². The molecule has 3 rings (SSSR count). The van der Waals surface area contributed by atoms with Gasteiger partial charge in [0.1, 0.15) is 16.7 Å². The molecule has 0 saturated carbocycles. The number of nitrogens with zero attached hydrogens (tertiary/aromatic N) is 4. The molecule has 0 bridgehead atoms. The minimum absolute atomic E-state index is 0.0439. The van der Waals surface area contributed by atoms with E-state index in [1.54, 1.807) is 37.0 Å². The molecule has 0 saturated heterocycles. The second-order valence-corrected chi connectivity index (χ2v) is 8.46. The summed E-state index contributed by atoms with van der Waals surface area (Å²) in [7, 11) is 0. The molecular weight excluding hydrogens is 373 g/mol. The summed E-state index contributed by atoms with van der Waals surface area (Å²) in [6.07, 6.45) is 5.51. The van der Waals surface area contributed by atoms with Gasteiger partial charge in [-0.05, 0) is 42.7 Å². The van der Waals surface area contributed by atoms with Gasteiger partial charge in [0.05, 0.1) is 18.7 Å². The number of hydrogen-bond donors (Lipinski definition) is 1. The number of benzene rings is 1. The van der Waals surface area contributed by atoms with Gasteiger partial charge < -0.3 is 10.6 Å². The first-order chi connectivity index (χ1) is 13.4. The van der Waals surface area contributed by atoms with Gasteiger partial charge in [-0.25, -0.2) is 4.39 Å². The van der Waals surface area contributed by atoms with Crippen LogP contribution < -0.4 is 5.73 Å². The van der Waals surface area contributed by atoms with Crippen LogP contribution in [0.25, 0.3) is 0 Å². The van der Waals surface area contributed by atoms with Crippen LogP contribution in [-0.2, 0) is 6.54 Å². The lowest BCUT2D eigenvalue weighted by atomic mass is 9.87. The first-order valence-electron chi connectivity index (χ1n) is 9.29. The Labute approximate surface area is 170 Å². The molecule has 2 N–H and O–H groups in total. The normalized spacial score (nSPS) is 22.2. The highest BCUT2D eigenvalue weighted by atomic mass is 32.2. The first-order valence-corrected chi connectivity index (χ1v) is 10.2. The number of aliphatic imine (C=N–C) groups is 2. The van der Waals surface area contributed by atoms with Crippen LogP contribution in [-0.4, -0.2) is 39.5 Å². The molecule has 2 unspecified atom stereocenters. The Morgan fingerprint density at radius 3 is 2.82 bits per heavy atom. The van der Waals surface area contributed by atoms with Crippen LogP contribution >= 0.6 is 11.8 Å². The van der Waals surface area contributed by atoms with Crippen molar-refractivity contribution in [2.45, 2.75) is 43.1 Å². The monoisotopic (exact) mass is 399 g/mol. The smallest absolute Gasteiger partial charge is 0.124 e. The molecule has 148 valence electrons. The first kappa shape index (κ1) is 20.3. The zero-order chi connectivity index (χ0) is 20.1. The van der Waals surface area contributed by atoms with Crippen LogP contribution in [0.5, 0.6) is 0 Å². The van der Waals surface area contributed by atoms with Gasteiger partial charge in [-0.15, -0.1) is 0 Å². The molecule has 2 atom stereocenters. The van der Waals surface area contributed by atoms with Crippen LogP contribution in [0.4, 0.5) is 4.39 Å². The number of amidine groups is 1. The molecular formula is C21H26FN5S. The summed E-state index contributed by atoms with van der Waals surface area (Å²) < 4.78 is 13.8. The lowest BCUT2D eigenvalue weighted by Crippen LogP contribution is -2.49. The molecule has 1 aliphatic heterocycles. The van der Waals surface area contributed by atoms with Gasteiger partial charge >= 0.3 is 0 Å². The van der Waals surface area contributed by atoms with E-state index in [0.29, 0.717) is 18.9 Å². The van der Waals surface area contributed by atoms with Crippen molar-refractivity contribution in [3.63, 3.8) is 0 Å². The number of halogens is 1. The van der Waals surface area contributed by atoms with Crippen molar-refractivity contribution in [1.82, 2.24) is 9.88 Å². The fourth-order valence-electron chi connectivity index (χ4n) is 3.25. The van der Waals surface area contributed by atoms with Gasteiger partial charge in [-0.2, -0.15) is 0 Å². The number of aromatic nitrogens is 1. The molecule has 1 aromatic carbocycles. The number of rotatable bonds is 7. The van der Waals surface area contributed by atoms with Gasteiger partial charge in [-0.3, -0.25) is 15.0 Å². The molecule has 28 heavy (non-hydrogen) atoms. The standard InChI is InChI=1S/C21H26FN5S/c1-15(2)21(13-25-16(3)23)20(28-19-8-4-7-18(22)10-19)27(14-26-21)12-17-6-5-9-24-11-17/h4-11,14-15,20H,12-13H2,1-3H3,(H2,23,25). The van der Waals surface area contributed by atoms with Gasteiger partial charge in [-0.1, -0.05) is 37.7 Å². The topological polar surface area (TPSA) is 66.9 Å². The summed E-state index contributed by atoms with van der Waals surface area (Å²) in [6, 6.07) is 10.7. The largest absolute Gasteiger partial charge is 0.388 e. The summed E-state index contributed by atoms with van der Waals surface area (Å²) in [5.74, 6) is 0.515. The highest BCUT2D eigenvalue weighted by Crippen LogP contribution is 2.43. The lowest BCUT2D eigenvalue weighted by molar-refractivity contribution is 0.249. The van der Waals surface area contributed by atoms with Crippen LogP contribution in [0, 0.1) is 11.7 Å². The second-order valence-electron chi connectivity index (χ2n) is 7.31. The van der Waals surface area contributed by atoms with E-state index in [9.17, 15) is 4.39 Å². The number of nitrogens with two attached hydrogens (primary N) is 1. The Morgan fingerprint density at radius 1 is 1.36 bits per heavy atom. The van der Waals surface area contributed by atoms with Gasteiger partial charge in [0.25, 0.3) is 0 Å². The summed E-state index contributed by atoms with van der Waals surface area (Å²) in [6.45, 7) is 7.23. The van der Waals surface area contributed by atoms with E-state index in [4.69, 9.17) is 10.7 Å². The minimum Gasteiger partial charge on any atom is -0.388 e. The zero-order valence-corrected chi connectivity index (χ0v) is 17.2. The van der Waals surface area contributed by atoms with E-state index >= 15 is 0 Å². The van der Waals surface area contributed by atoms with E-state index in [1.165, 1.54) is 6.07 Å². The van der Waals surface area contributed by atoms with E-state index in [0.717, 1.165) is 10.5 Å². The van der Waals surface area contributed by atoms with Gasteiger partial charge in [0.15, 0.2) is 0 Å². The van der Waals surface area contributed by atoms with Crippen LogP contribution in [0.2, 0.25) is 0 Å². The lowest BCUT2D eigenvalue weighted by Gasteiger charge is -2.38. The quantitative estimate of drug-likeness (QED) is 0.565. The van der Waals surface area contributed by atoms with Crippen LogP contribution in [0.3, 0.4) is 0 Å². The Morgan fingerprint density at radius 2 is 2.18 bits per heavy atom. The number of thioether (sulfide) groups is 1. The predicted octanol–water partition coefficient (Wildman–Crippen LogP) is 3.95. The van der Waals surface area contributed by atoms with Gasteiger partial charge in [0.2, 0.25) is 0 Å². The third-order valence-electron chi connectivity index (χ3n) is 4.89. The summed E-state index contributed by atoms with van der Waals surface area (Å²) in [5.41, 5.74) is 6.46. The third kappa shape index (κ3) is 4.52. The molecule has 0 fully saturated rings. The Hall–Kier alpha value is -2.41. The summed E-state index contributed by atoms with van der Waals surface area (Å²) in [5, 5.41) is -0.0439. The molecule has 7 heteroatoms. The zero-order valence-electron chi connectivity index (χ0n) is 16.4. The van der Waals surface area contributed by atoms with Crippen molar-refractivity contribution >= 4 is 23.9 Å². The van der Waals surface area contributed by atoms with Crippen molar-refractivity contribution in [2.75, 3.05) is 6.54 Å². The highest BCUT2D eigenvalue weighted by molar-refractivity contribution is 8.00. The molecule has 0 spiro atoms. The molecule has 2 aromatic rings. The maximum atomic E-state index is 13.8. The van der Waals surface area contributed by atoms with E-state index in [2.05, 4.69) is 28.7 Å². The number of pyridine rings is 1. The fraction of sp³-hybridized carbons (Fsp3) is 0.381.